The first-order chi connectivity index (χ1) is 8.30. The first kappa shape index (κ1) is 11.2. The lowest BCUT2D eigenvalue weighted by Gasteiger charge is -2.36. The predicted molar refractivity (Wildman–Crippen MR) is 65.9 cm³/mol. The summed E-state index contributed by atoms with van der Waals surface area (Å²) in [6, 6.07) is 0.483. The summed E-state index contributed by atoms with van der Waals surface area (Å²) in [5.41, 5.74) is 1.42. The highest BCUT2D eigenvalue weighted by atomic mass is 16.5. The summed E-state index contributed by atoms with van der Waals surface area (Å²) < 4.78 is 8.00. The van der Waals surface area contributed by atoms with Gasteiger partial charge in [-0.25, -0.2) is 4.98 Å². The number of nitrogens with zero attached hydrogens (tertiary/aromatic N) is 2. The molecule has 3 heterocycles. The van der Waals surface area contributed by atoms with E-state index in [0.717, 1.165) is 26.2 Å². The number of imidazole rings is 1. The highest BCUT2D eigenvalue weighted by molar-refractivity contribution is 5.11. The molecule has 2 saturated heterocycles. The average Bonchev–Trinajstić information content (AvgIpc) is 3.01. The minimum absolute atomic E-state index is 0.0916. The largest absolute Gasteiger partial charge is 0.379 e. The number of hydrogen-bond acceptors (Lipinski definition) is 3. The van der Waals surface area contributed by atoms with Gasteiger partial charge in [0.25, 0.3) is 0 Å². The number of hydrogen-bond donors (Lipinski definition) is 1. The summed E-state index contributed by atoms with van der Waals surface area (Å²) >= 11 is 0. The molecule has 0 aromatic carbocycles. The smallest absolute Gasteiger partial charge is 0.0954 e. The van der Waals surface area contributed by atoms with Crippen molar-refractivity contribution >= 4 is 0 Å². The van der Waals surface area contributed by atoms with E-state index < -0.39 is 0 Å². The van der Waals surface area contributed by atoms with Crippen LogP contribution in [0.15, 0.2) is 12.5 Å². The molecule has 2 atom stereocenters. The maximum absolute atomic E-state index is 5.66. The van der Waals surface area contributed by atoms with Crippen molar-refractivity contribution in [2.24, 2.45) is 0 Å². The quantitative estimate of drug-likeness (QED) is 0.850. The van der Waals surface area contributed by atoms with Gasteiger partial charge in [-0.05, 0) is 39.2 Å². The molecule has 17 heavy (non-hydrogen) atoms. The monoisotopic (exact) mass is 235 g/mol. The molecule has 4 heteroatoms. The van der Waals surface area contributed by atoms with Crippen molar-refractivity contribution in [3.05, 3.63) is 18.2 Å². The van der Waals surface area contributed by atoms with E-state index in [1.807, 2.05) is 12.5 Å². The Hall–Kier alpha value is -0.870. The van der Waals surface area contributed by atoms with Crippen LogP contribution in [0.2, 0.25) is 0 Å². The highest BCUT2D eigenvalue weighted by Gasteiger charge is 2.33. The molecule has 1 aromatic heterocycles. The van der Waals surface area contributed by atoms with Crippen LogP contribution in [0.4, 0.5) is 0 Å². The van der Waals surface area contributed by atoms with Crippen LogP contribution in [0.25, 0.3) is 0 Å². The van der Waals surface area contributed by atoms with Gasteiger partial charge >= 0.3 is 0 Å². The minimum Gasteiger partial charge on any atom is -0.379 e. The first-order valence-corrected chi connectivity index (χ1v) is 6.63. The van der Waals surface area contributed by atoms with E-state index >= 15 is 0 Å². The first-order valence-electron chi connectivity index (χ1n) is 6.63. The summed E-state index contributed by atoms with van der Waals surface area (Å²) in [4.78, 5) is 4.35. The Labute approximate surface area is 102 Å². The lowest BCUT2D eigenvalue weighted by atomic mass is 9.93. The van der Waals surface area contributed by atoms with Crippen LogP contribution in [-0.4, -0.2) is 29.3 Å². The van der Waals surface area contributed by atoms with E-state index in [1.165, 1.54) is 25.0 Å². The summed E-state index contributed by atoms with van der Waals surface area (Å²) in [5.74, 6) is 0. The standard InChI is InChI=1S/C13H21N3O/c1-13(5-3-7-17-9-13)16-10-14-8-12(16)11-4-2-6-15-11/h8,10-11,15H,2-7,9H2,1H3/t11-,13?/m0/s1. The molecule has 2 aliphatic heterocycles. The molecular formula is C13H21N3O. The fourth-order valence-corrected chi connectivity index (χ4v) is 3.06. The Kier molecular flexibility index (Phi) is 2.92. The fraction of sp³-hybridized carbons (Fsp3) is 0.769. The van der Waals surface area contributed by atoms with Crippen molar-refractivity contribution in [2.75, 3.05) is 19.8 Å². The number of nitrogens with one attached hydrogen (secondary N) is 1. The minimum atomic E-state index is 0.0916. The zero-order valence-corrected chi connectivity index (χ0v) is 10.5. The van der Waals surface area contributed by atoms with Crippen molar-refractivity contribution in [1.29, 1.82) is 0 Å². The molecule has 0 saturated carbocycles. The molecule has 1 aromatic rings. The number of rotatable bonds is 2. The van der Waals surface area contributed by atoms with Gasteiger partial charge in [-0.1, -0.05) is 0 Å². The Morgan fingerprint density at radius 1 is 1.53 bits per heavy atom. The third kappa shape index (κ3) is 2.00. The molecule has 1 N–H and O–H groups in total. The zero-order chi connectivity index (χ0) is 11.7. The normalized spacial score (nSPS) is 34.1. The Bertz CT molecular complexity index is 376. The average molecular weight is 235 g/mol. The van der Waals surface area contributed by atoms with Gasteiger partial charge in [0.1, 0.15) is 0 Å². The third-order valence-corrected chi connectivity index (χ3v) is 4.08. The van der Waals surface area contributed by atoms with Crippen LogP contribution >= 0.6 is 0 Å². The number of aromatic nitrogens is 2. The van der Waals surface area contributed by atoms with E-state index in [2.05, 4.69) is 21.8 Å². The molecule has 0 radical (unpaired) electrons. The van der Waals surface area contributed by atoms with E-state index in [4.69, 9.17) is 4.74 Å². The molecule has 0 spiro atoms. The Balaban J connectivity index is 1.89. The topological polar surface area (TPSA) is 39.1 Å². The van der Waals surface area contributed by atoms with Gasteiger partial charge in [-0.2, -0.15) is 0 Å². The van der Waals surface area contributed by atoms with Gasteiger partial charge in [0.15, 0.2) is 0 Å². The summed E-state index contributed by atoms with van der Waals surface area (Å²) in [6.07, 6.45) is 8.81. The van der Waals surface area contributed by atoms with Crippen molar-refractivity contribution < 1.29 is 4.74 Å². The molecule has 2 fully saturated rings. The van der Waals surface area contributed by atoms with Crippen molar-refractivity contribution in [3.63, 3.8) is 0 Å². The third-order valence-electron chi connectivity index (χ3n) is 4.08. The molecule has 0 aliphatic carbocycles. The second kappa shape index (κ2) is 4.42. The van der Waals surface area contributed by atoms with Gasteiger partial charge in [0.2, 0.25) is 0 Å². The molecule has 0 bridgehead atoms. The maximum Gasteiger partial charge on any atom is 0.0954 e. The fourth-order valence-electron chi connectivity index (χ4n) is 3.06. The Morgan fingerprint density at radius 3 is 3.18 bits per heavy atom. The molecule has 1 unspecified atom stereocenters. The molecule has 0 amide bonds. The van der Waals surface area contributed by atoms with Crippen molar-refractivity contribution in [2.45, 2.75) is 44.2 Å². The van der Waals surface area contributed by atoms with Gasteiger partial charge in [0, 0.05) is 18.8 Å². The van der Waals surface area contributed by atoms with E-state index in [9.17, 15) is 0 Å². The second-order valence-electron chi connectivity index (χ2n) is 5.49. The zero-order valence-electron chi connectivity index (χ0n) is 10.5. The van der Waals surface area contributed by atoms with Gasteiger partial charge in [0.05, 0.1) is 24.2 Å². The predicted octanol–water partition coefficient (Wildman–Crippen LogP) is 1.83. The number of ether oxygens (including phenoxy) is 1. The molecule has 2 aliphatic rings. The van der Waals surface area contributed by atoms with E-state index in [-0.39, 0.29) is 5.54 Å². The lowest BCUT2D eigenvalue weighted by Crippen LogP contribution is -2.40. The Morgan fingerprint density at radius 2 is 2.47 bits per heavy atom. The summed E-state index contributed by atoms with van der Waals surface area (Å²) in [5, 5.41) is 3.55. The lowest BCUT2D eigenvalue weighted by molar-refractivity contribution is 0.00772. The van der Waals surface area contributed by atoms with Crippen LogP contribution in [-0.2, 0) is 10.3 Å². The molecular weight excluding hydrogens is 214 g/mol. The van der Waals surface area contributed by atoms with Crippen LogP contribution in [0, 0.1) is 0 Å². The van der Waals surface area contributed by atoms with Crippen LogP contribution in [0.5, 0.6) is 0 Å². The molecule has 3 rings (SSSR count). The molecule has 94 valence electrons. The summed E-state index contributed by atoms with van der Waals surface area (Å²) in [7, 11) is 0. The van der Waals surface area contributed by atoms with Crippen LogP contribution < -0.4 is 5.32 Å². The highest BCUT2D eigenvalue weighted by Crippen LogP contribution is 2.32. The molecule has 4 nitrogen and oxygen atoms in total. The van der Waals surface area contributed by atoms with E-state index in [0.29, 0.717) is 6.04 Å². The van der Waals surface area contributed by atoms with Crippen LogP contribution in [0.3, 0.4) is 0 Å². The summed E-state index contributed by atoms with van der Waals surface area (Å²) in [6.45, 7) is 5.12. The SMILES string of the molecule is CC1(n2cncc2[C@@H]2CCCN2)CCCOC1. The second-order valence-corrected chi connectivity index (χ2v) is 5.49. The maximum atomic E-state index is 5.66. The van der Waals surface area contributed by atoms with Crippen molar-refractivity contribution in [1.82, 2.24) is 14.9 Å². The van der Waals surface area contributed by atoms with Gasteiger partial charge in [-0.3, -0.25) is 0 Å². The van der Waals surface area contributed by atoms with E-state index in [1.54, 1.807) is 0 Å². The van der Waals surface area contributed by atoms with Gasteiger partial charge < -0.3 is 14.6 Å². The van der Waals surface area contributed by atoms with Crippen molar-refractivity contribution in [3.8, 4) is 0 Å². The van der Waals surface area contributed by atoms with Gasteiger partial charge in [-0.15, -0.1) is 0 Å². The van der Waals surface area contributed by atoms with Crippen LogP contribution in [0.1, 0.15) is 44.3 Å².